The molecule has 21 rings (SSSR count). The second-order valence-electron chi connectivity index (χ2n) is 35.8. The van der Waals surface area contributed by atoms with Crippen molar-refractivity contribution in [3.63, 3.8) is 0 Å². The van der Waals surface area contributed by atoms with Gasteiger partial charge in [0.15, 0.2) is 0 Å². The Morgan fingerprint density at radius 1 is 0.213 bits per heavy atom. The van der Waals surface area contributed by atoms with Crippen molar-refractivity contribution in [2.45, 2.75) is 96.7 Å². The van der Waals surface area contributed by atoms with Crippen molar-refractivity contribution in [1.29, 1.82) is 0 Å². The summed E-state index contributed by atoms with van der Waals surface area (Å²) < 4.78 is 14.8. The summed E-state index contributed by atoms with van der Waals surface area (Å²) in [5, 5.41) is 0. The summed E-state index contributed by atoms with van der Waals surface area (Å²) in [6.07, 6.45) is 0. The lowest BCUT2D eigenvalue weighted by molar-refractivity contribution is 0.00578. The first-order valence-electron chi connectivity index (χ1n) is 43.8. The van der Waals surface area contributed by atoms with E-state index in [1.165, 1.54) is 101 Å². The Bertz CT molecular complexity index is 6430. The molecule has 622 valence electrons. The summed E-state index contributed by atoms with van der Waals surface area (Å²) in [5.74, 6) is 0. The van der Waals surface area contributed by atoms with Gasteiger partial charge in [-0.05, 0) is 281 Å². The maximum atomic E-state index is 6.32. The molecule has 0 N–H and O–H groups in total. The third kappa shape index (κ3) is 16.0. The number of para-hydroxylation sites is 6. The van der Waals surface area contributed by atoms with Crippen molar-refractivity contribution in [2.24, 2.45) is 0 Å². The van der Waals surface area contributed by atoms with Gasteiger partial charge in [-0.1, -0.05) is 328 Å². The Balaban J connectivity index is 0.000000148. The van der Waals surface area contributed by atoms with E-state index in [1.54, 1.807) is 0 Å². The molecule has 0 amide bonds. The van der Waals surface area contributed by atoms with Gasteiger partial charge in [-0.3, -0.25) is 0 Å². The van der Waals surface area contributed by atoms with Crippen LogP contribution >= 0.6 is 31.9 Å². The number of fused-ring (bicyclic) bond motifs is 6. The van der Waals surface area contributed by atoms with Crippen LogP contribution in [0.25, 0.3) is 44.5 Å². The molecule has 1 fully saturated rings. The molecule has 0 saturated carbocycles. The predicted molar refractivity (Wildman–Crippen MR) is 542 cm³/mol. The molecule has 127 heavy (non-hydrogen) atoms. The van der Waals surface area contributed by atoms with E-state index in [9.17, 15) is 0 Å². The summed E-state index contributed by atoms with van der Waals surface area (Å²) in [7, 11) is -0.378. The summed E-state index contributed by atoms with van der Waals surface area (Å²) in [6.45, 7) is 22.3. The highest BCUT2D eigenvalue weighted by atomic mass is 79.9. The quantitative estimate of drug-likeness (QED) is 0.100. The fraction of sp³-hybridized carbons (Fsp3) is 0.128. The van der Waals surface area contributed by atoms with Crippen LogP contribution in [-0.4, -0.2) is 18.3 Å². The first-order chi connectivity index (χ1) is 61.6. The Labute approximate surface area is 765 Å². The van der Waals surface area contributed by atoms with Crippen molar-refractivity contribution in [3.05, 3.63) is 467 Å². The Hall–Kier alpha value is -13.3. The van der Waals surface area contributed by atoms with Gasteiger partial charge in [-0.2, -0.15) is 0 Å². The molecule has 0 bridgehead atoms. The first-order valence-corrected chi connectivity index (χ1v) is 45.4. The van der Waals surface area contributed by atoms with E-state index in [2.05, 4.69) is 544 Å². The molecule has 0 unspecified atom stereocenters. The van der Waals surface area contributed by atoms with Gasteiger partial charge in [0.25, 0.3) is 0 Å². The molecule has 1 saturated heterocycles. The zero-order valence-corrected chi connectivity index (χ0v) is 76.5. The second kappa shape index (κ2) is 34.2. The number of benzene rings is 17. The molecule has 17 aromatic carbocycles. The van der Waals surface area contributed by atoms with Gasteiger partial charge in [-0.15, -0.1) is 0 Å². The van der Waals surface area contributed by atoms with E-state index in [4.69, 9.17) is 9.31 Å². The zero-order valence-electron chi connectivity index (χ0n) is 73.3. The van der Waals surface area contributed by atoms with Crippen LogP contribution < -0.4 is 30.0 Å². The third-order valence-electron chi connectivity index (χ3n) is 26.3. The maximum Gasteiger partial charge on any atom is 0.494 e. The molecule has 7 nitrogen and oxygen atoms in total. The highest BCUT2D eigenvalue weighted by Crippen LogP contribution is 2.56. The lowest BCUT2D eigenvalue weighted by Gasteiger charge is -2.42. The van der Waals surface area contributed by atoms with Crippen LogP contribution in [0.15, 0.2) is 434 Å². The van der Waals surface area contributed by atoms with Crippen LogP contribution in [-0.2, 0) is 25.6 Å². The van der Waals surface area contributed by atoms with E-state index in [-0.39, 0.29) is 34.6 Å². The SMILES string of the molecule is Brc1ccc(N(c2ccc(Br)cc2)c2ccc(-c3ccccc3)cc2)cc1.CC1(C)c2ccccc2N(c2cccc(-c3ccc(N(c4ccc(-c5ccccc5)cc4)c4ccc(-c5cccc(N6c7ccccc7C(C)(C)c7ccccc76)c5)cc4)cc3)c2)c2ccccc21.CC1(C)c2ccccc2N(c2cccc(B3OC(C)(C)C(C)(C)O3)c2)c2ccccc21. The standard InChI is InChI=1S/C66H53N3.C27H30BNO2.C24H17Br2N/c1-65(2)57-24-8-12-28-61(57)68(62-29-13-9-25-58(62)65)55-22-16-20-50(44-55)48-34-40-53(41-35-48)67(52-38-32-47(33-39-52)46-18-6-5-7-19-46)54-42-36-49(37-43-54)51-21-17-23-56(45-51)69-63-30-14-10-26-59(63)66(3,4)60-27-11-15-31-64(60)69;1-25(2)21-14-7-9-16-23(21)29(24-17-10-8-15-22(24)25)20-13-11-12-19(18-20)28-30-26(3,4)27(5,6)31-28;25-20-8-14-23(15-9-20)27(24-16-10-21(26)11-17-24)22-12-6-19(7-13-22)18-4-2-1-3-5-18/h5-45H,1-4H3;7-18H,1-6H3;1-17H. The summed E-state index contributed by atoms with van der Waals surface area (Å²) in [5.41, 5.74) is 34.9. The molecule has 0 spiro atoms. The minimum absolute atomic E-state index is 0.0625. The van der Waals surface area contributed by atoms with Gasteiger partial charge in [0.1, 0.15) is 0 Å². The molecule has 10 heteroatoms. The van der Waals surface area contributed by atoms with Crippen LogP contribution in [0.5, 0.6) is 0 Å². The molecule has 0 radical (unpaired) electrons. The molecule has 4 aliphatic rings. The van der Waals surface area contributed by atoms with E-state index in [0.29, 0.717) is 0 Å². The minimum Gasteiger partial charge on any atom is -0.399 e. The van der Waals surface area contributed by atoms with Crippen LogP contribution in [0.3, 0.4) is 0 Å². The number of anilines is 15. The molecule has 4 aliphatic heterocycles. The number of halogens is 2. The lowest BCUT2D eigenvalue weighted by atomic mass is 9.73. The number of hydrogen-bond acceptors (Lipinski definition) is 7. The molecule has 0 atom stereocenters. The third-order valence-corrected chi connectivity index (χ3v) is 27.4. The maximum absolute atomic E-state index is 6.32. The van der Waals surface area contributed by atoms with E-state index >= 15 is 0 Å². The Morgan fingerprint density at radius 3 is 0.701 bits per heavy atom. The van der Waals surface area contributed by atoms with Crippen molar-refractivity contribution in [3.8, 4) is 44.5 Å². The van der Waals surface area contributed by atoms with E-state index in [0.717, 1.165) is 76.7 Å². The predicted octanol–water partition coefficient (Wildman–Crippen LogP) is 32.8. The van der Waals surface area contributed by atoms with Crippen LogP contribution in [0.1, 0.15) is 103 Å². The molecular formula is C117H100BBr2N5O2. The minimum atomic E-state index is -0.378. The molecular weight excluding hydrogens is 1680 g/mol. The van der Waals surface area contributed by atoms with Crippen LogP contribution in [0.4, 0.5) is 85.3 Å². The van der Waals surface area contributed by atoms with Crippen LogP contribution in [0, 0.1) is 0 Å². The smallest absolute Gasteiger partial charge is 0.399 e. The topological polar surface area (TPSA) is 34.7 Å². The number of nitrogens with zero attached hydrogens (tertiary/aromatic N) is 5. The van der Waals surface area contributed by atoms with Crippen LogP contribution in [0.2, 0.25) is 0 Å². The highest BCUT2D eigenvalue weighted by molar-refractivity contribution is 9.10. The molecule has 0 aromatic heterocycles. The lowest BCUT2D eigenvalue weighted by Crippen LogP contribution is -2.41. The number of hydrogen-bond donors (Lipinski definition) is 0. The van der Waals surface area contributed by atoms with Gasteiger partial charge in [0.2, 0.25) is 0 Å². The highest BCUT2D eigenvalue weighted by Gasteiger charge is 2.52. The largest absolute Gasteiger partial charge is 0.494 e. The summed E-state index contributed by atoms with van der Waals surface area (Å²) >= 11 is 7.05. The Kier molecular flexibility index (Phi) is 22.4. The normalized spacial score (nSPS) is 14.8. The zero-order chi connectivity index (χ0) is 87.4. The number of rotatable bonds is 14. The van der Waals surface area contributed by atoms with Gasteiger partial charge in [0, 0.05) is 76.4 Å². The summed E-state index contributed by atoms with van der Waals surface area (Å²) in [6, 6.07) is 153. The van der Waals surface area contributed by atoms with Crippen molar-refractivity contribution in [2.75, 3.05) is 24.5 Å². The monoisotopic (exact) mass is 1780 g/mol. The van der Waals surface area contributed by atoms with Crippen molar-refractivity contribution in [1.82, 2.24) is 0 Å². The molecule has 17 aromatic rings. The average molecular weight is 1780 g/mol. The Morgan fingerprint density at radius 2 is 0.425 bits per heavy atom. The molecule has 0 aliphatic carbocycles. The molecule has 4 heterocycles. The second-order valence-corrected chi connectivity index (χ2v) is 37.6. The van der Waals surface area contributed by atoms with Gasteiger partial charge in [-0.25, -0.2) is 0 Å². The van der Waals surface area contributed by atoms with Gasteiger partial charge in [0.05, 0.1) is 45.3 Å². The van der Waals surface area contributed by atoms with Gasteiger partial charge < -0.3 is 33.8 Å². The van der Waals surface area contributed by atoms with Crippen molar-refractivity contribution >= 4 is 130 Å². The van der Waals surface area contributed by atoms with E-state index < -0.39 is 0 Å². The van der Waals surface area contributed by atoms with Crippen molar-refractivity contribution < 1.29 is 9.31 Å². The van der Waals surface area contributed by atoms with Gasteiger partial charge >= 0.3 is 7.12 Å². The fourth-order valence-electron chi connectivity index (χ4n) is 18.8. The van der Waals surface area contributed by atoms with E-state index in [1.807, 2.05) is 6.07 Å². The average Bonchev–Trinajstić information content (AvgIpc) is 1.19. The first kappa shape index (κ1) is 83.2. The fourth-order valence-corrected chi connectivity index (χ4v) is 19.4. The summed E-state index contributed by atoms with van der Waals surface area (Å²) in [4.78, 5) is 11.8.